The molecule has 18 heavy (non-hydrogen) atoms. The third-order valence-corrected chi connectivity index (χ3v) is 3.10. The summed E-state index contributed by atoms with van der Waals surface area (Å²) in [6.45, 7) is 1.83. The highest BCUT2D eigenvalue weighted by Crippen LogP contribution is 2.28. The molecule has 1 unspecified atom stereocenters. The molecule has 0 aliphatic rings. The van der Waals surface area contributed by atoms with Crippen LogP contribution in [0.5, 0.6) is 0 Å². The predicted octanol–water partition coefficient (Wildman–Crippen LogP) is 2.34. The van der Waals surface area contributed by atoms with E-state index < -0.39 is 23.0 Å². The van der Waals surface area contributed by atoms with Gasteiger partial charge in [-0.05, 0) is 30.5 Å². The Morgan fingerprint density at radius 2 is 2.06 bits per heavy atom. The molecule has 0 aromatic heterocycles. The number of carboxylic acids is 1. The predicted molar refractivity (Wildman–Crippen MR) is 64.1 cm³/mol. The van der Waals surface area contributed by atoms with Crippen LogP contribution < -0.4 is 5.73 Å². The largest absolute Gasteiger partial charge is 0.481 e. The summed E-state index contributed by atoms with van der Waals surface area (Å²) in [5.74, 6) is -2.92. The van der Waals surface area contributed by atoms with E-state index >= 15 is 0 Å². The SMILES string of the molecule is CCCC(CN)(Cc1ccc(F)c(F)c1)C(=O)O. The molecular formula is C13H17F2NO2. The highest BCUT2D eigenvalue weighted by Gasteiger charge is 2.36. The van der Waals surface area contributed by atoms with Gasteiger partial charge in [0.1, 0.15) is 0 Å². The molecule has 0 aliphatic heterocycles. The molecule has 0 spiro atoms. The van der Waals surface area contributed by atoms with E-state index in [4.69, 9.17) is 5.73 Å². The fourth-order valence-electron chi connectivity index (χ4n) is 2.05. The van der Waals surface area contributed by atoms with Crippen molar-refractivity contribution in [3.8, 4) is 0 Å². The summed E-state index contributed by atoms with van der Waals surface area (Å²) < 4.78 is 25.9. The molecule has 1 rings (SSSR count). The lowest BCUT2D eigenvalue weighted by atomic mass is 9.78. The van der Waals surface area contributed by atoms with Crippen molar-refractivity contribution < 1.29 is 18.7 Å². The molecule has 3 N–H and O–H groups in total. The van der Waals surface area contributed by atoms with Crippen LogP contribution in [0.4, 0.5) is 8.78 Å². The number of nitrogens with two attached hydrogens (primary N) is 1. The van der Waals surface area contributed by atoms with Crippen LogP contribution in [0.25, 0.3) is 0 Å². The topological polar surface area (TPSA) is 63.3 Å². The molecule has 0 fully saturated rings. The van der Waals surface area contributed by atoms with Gasteiger partial charge in [0, 0.05) is 6.54 Å². The van der Waals surface area contributed by atoms with E-state index in [-0.39, 0.29) is 13.0 Å². The molecule has 0 saturated heterocycles. The van der Waals surface area contributed by atoms with Gasteiger partial charge in [-0.1, -0.05) is 19.4 Å². The van der Waals surface area contributed by atoms with Crippen LogP contribution in [-0.2, 0) is 11.2 Å². The van der Waals surface area contributed by atoms with Gasteiger partial charge < -0.3 is 10.8 Å². The molecule has 1 aromatic carbocycles. The fourth-order valence-corrected chi connectivity index (χ4v) is 2.05. The summed E-state index contributed by atoms with van der Waals surface area (Å²) >= 11 is 0. The van der Waals surface area contributed by atoms with Crippen molar-refractivity contribution in [2.24, 2.45) is 11.1 Å². The lowest BCUT2D eigenvalue weighted by Crippen LogP contribution is -2.40. The first kappa shape index (κ1) is 14.6. The van der Waals surface area contributed by atoms with Gasteiger partial charge in [-0.15, -0.1) is 0 Å². The van der Waals surface area contributed by atoms with Gasteiger partial charge in [-0.25, -0.2) is 8.78 Å². The Morgan fingerprint density at radius 3 is 2.50 bits per heavy atom. The standard InChI is InChI=1S/C13H17F2NO2/c1-2-5-13(8-16,12(17)18)7-9-3-4-10(14)11(15)6-9/h3-4,6H,2,5,7-8,16H2,1H3,(H,17,18). The van der Waals surface area contributed by atoms with Gasteiger partial charge in [0.2, 0.25) is 0 Å². The van der Waals surface area contributed by atoms with Crippen LogP contribution in [-0.4, -0.2) is 17.6 Å². The highest BCUT2D eigenvalue weighted by molar-refractivity contribution is 5.75. The zero-order chi connectivity index (χ0) is 13.8. The molecule has 0 radical (unpaired) electrons. The maximum absolute atomic E-state index is 13.1. The first-order valence-electron chi connectivity index (χ1n) is 5.82. The summed E-state index contributed by atoms with van der Waals surface area (Å²) in [6.07, 6.45) is 1.16. The average molecular weight is 257 g/mol. The molecule has 0 amide bonds. The highest BCUT2D eigenvalue weighted by atomic mass is 19.2. The molecule has 0 heterocycles. The van der Waals surface area contributed by atoms with Crippen molar-refractivity contribution in [1.29, 1.82) is 0 Å². The summed E-state index contributed by atoms with van der Waals surface area (Å²) in [7, 11) is 0. The third-order valence-electron chi connectivity index (χ3n) is 3.10. The van der Waals surface area contributed by atoms with Crippen LogP contribution in [0.15, 0.2) is 18.2 Å². The number of halogens is 2. The van der Waals surface area contributed by atoms with Crippen LogP contribution in [0.2, 0.25) is 0 Å². The smallest absolute Gasteiger partial charge is 0.311 e. The number of rotatable bonds is 6. The summed E-state index contributed by atoms with van der Waals surface area (Å²) in [5.41, 5.74) is 4.89. The third kappa shape index (κ3) is 3.04. The molecule has 5 heteroatoms. The quantitative estimate of drug-likeness (QED) is 0.822. The Labute approximate surface area is 105 Å². The molecule has 3 nitrogen and oxygen atoms in total. The minimum absolute atomic E-state index is 0.0326. The number of carbonyl (C=O) groups is 1. The van der Waals surface area contributed by atoms with Gasteiger partial charge in [0.05, 0.1) is 5.41 Å². The van der Waals surface area contributed by atoms with E-state index in [0.717, 1.165) is 12.1 Å². The monoisotopic (exact) mass is 257 g/mol. The first-order chi connectivity index (χ1) is 8.45. The van der Waals surface area contributed by atoms with Gasteiger partial charge >= 0.3 is 5.97 Å². The van der Waals surface area contributed by atoms with Gasteiger partial charge in [-0.3, -0.25) is 4.79 Å². The van der Waals surface area contributed by atoms with Crippen molar-refractivity contribution in [3.05, 3.63) is 35.4 Å². The molecule has 1 aromatic rings. The van der Waals surface area contributed by atoms with E-state index in [1.54, 1.807) is 0 Å². The molecule has 1 atom stereocenters. The van der Waals surface area contributed by atoms with Gasteiger partial charge in [0.25, 0.3) is 0 Å². The minimum atomic E-state index is -1.11. The van der Waals surface area contributed by atoms with E-state index in [0.29, 0.717) is 18.4 Å². The Hall–Kier alpha value is -1.49. The number of carboxylic acid groups (broad SMARTS) is 1. The Balaban J connectivity index is 3.02. The van der Waals surface area contributed by atoms with Crippen molar-refractivity contribution in [2.45, 2.75) is 26.2 Å². The van der Waals surface area contributed by atoms with E-state index in [9.17, 15) is 18.7 Å². The summed E-state index contributed by atoms with van der Waals surface area (Å²) in [5, 5.41) is 9.29. The van der Waals surface area contributed by atoms with Crippen molar-refractivity contribution in [1.82, 2.24) is 0 Å². The first-order valence-corrected chi connectivity index (χ1v) is 5.82. The lowest BCUT2D eigenvalue weighted by molar-refractivity contribution is -0.148. The Bertz CT molecular complexity index is 437. The van der Waals surface area contributed by atoms with Crippen LogP contribution in [0.1, 0.15) is 25.3 Å². The molecular weight excluding hydrogens is 240 g/mol. The Kier molecular flexibility index (Phi) is 4.78. The second kappa shape index (κ2) is 5.91. The maximum Gasteiger partial charge on any atom is 0.311 e. The summed E-state index contributed by atoms with van der Waals surface area (Å²) in [6, 6.07) is 3.42. The lowest BCUT2D eigenvalue weighted by Gasteiger charge is -2.27. The second-order valence-electron chi connectivity index (χ2n) is 4.46. The van der Waals surface area contributed by atoms with E-state index in [1.165, 1.54) is 6.07 Å². The van der Waals surface area contributed by atoms with Crippen LogP contribution >= 0.6 is 0 Å². The maximum atomic E-state index is 13.1. The average Bonchev–Trinajstić information content (AvgIpc) is 2.33. The van der Waals surface area contributed by atoms with E-state index in [1.807, 2.05) is 6.92 Å². The molecule has 0 bridgehead atoms. The van der Waals surface area contributed by atoms with Crippen molar-refractivity contribution in [3.63, 3.8) is 0 Å². The normalized spacial score (nSPS) is 14.2. The zero-order valence-electron chi connectivity index (χ0n) is 10.2. The van der Waals surface area contributed by atoms with Crippen molar-refractivity contribution in [2.75, 3.05) is 6.54 Å². The van der Waals surface area contributed by atoms with Crippen LogP contribution in [0.3, 0.4) is 0 Å². The number of benzene rings is 1. The summed E-state index contributed by atoms with van der Waals surface area (Å²) in [4.78, 5) is 11.4. The van der Waals surface area contributed by atoms with E-state index in [2.05, 4.69) is 0 Å². The molecule has 0 saturated carbocycles. The number of aliphatic carboxylic acids is 1. The molecule has 100 valence electrons. The Morgan fingerprint density at radius 1 is 1.39 bits per heavy atom. The van der Waals surface area contributed by atoms with Crippen molar-refractivity contribution >= 4 is 5.97 Å². The van der Waals surface area contributed by atoms with Crippen LogP contribution in [0, 0.1) is 17.0 Å². The number of hydrogen-bond acceptors (Lipinski definition) is 2. The fraction of sp³-hybridized carbons (Fsp3) is 0.462. The minimum Gasteiger partial charge on any atom is -0.481 e. The van der Waals surface area contributed by atoms with Gasteiger partial charge in [0.15, 0.2) is 11.6 Å². The van der Waals surface area contributed by atoms with Gasteiger partial charge in [-0.2, -0.15) is 0 Å². The zero-order valence-corrected chi connectivity index (χ0v) is 10.2. The molecule has 0 aliphatic carbocycles. The number of hydrogen-bond donors (Lipinski definition) is 2. The second-order valence-corrected chi connectivity index (χ2v) is 4.46.